The molecular weight excluding hydrogens is 260 g/mol. The van der Waals surface area contributed by atoms with Crippen molar-refractivity contribution in [2.45, 2.75) is 19.4 Å². The number of carbonyl (C=O) groups excluding carboxylic acids is 1. The van der Waals surface area contributed by atoms with Gasteiger partial charge in [-0.1, -0.05) is 5.16 Å². The summed E-state index contributed by atoms with van der Waals surface area (Å²) in [4.78, 5) is 22.0. The van der Waals surface area contributed by atoms with Crippen LogP contribution in [-0.4, -0.2) is 45.1 Å². The molecule has 1 unspecified atom stereocenters. The van der Waals surface area contributed by atoms with Gasteiger partial charge in [0.05, 0.1) is 18.9 Å². The fraction of sp³-hybridized carbons (Fsp3) is 0.385. The fourth-order valence-corrected chi connectivity index (χ4v) is 2.20. The predicted molar refractivity (Wildman–Crippen MR) is 68.2 cm³/mol. The Morgan fingerprint density at radius 2 is 2.35 bits per heavy atom. The highest BCUT2D eigenvalue weighted by molar-refractivity contribution is 5.94. The van der Waals surface area contributed by atoms with Gasteiger partial charge in [-0.15, -0.1) is 0 Å². The van der Waals surface area contributed by atoms with Crippen molar-refractivity contribution in [3.63, 3.8) is 0 Å². The summed E-state index contributed by atoms with van der Waals surface area (Å²) in [5.74, 6) is 0.940. The van der Waals surface area contributed by atoms with Gasteiger partial charge < -0.3 is 14.2 Å². The molecule has 20 heavy (non-hydrogen) atoms. The number of likely N-dealkylation sites (tertiary alicyclic amines) is 1. The molecule has 0 aromatic carbocycles. The van der Waals surface area contributed by atoms with E-state index in [4.69, 9.17) is 9.26 Å². The summed E-state index contributed by atoms with van der Waals surface area (Å²) in [5.41, 5.74) is 0.505. The second kappa shape index (κ2) is 5.28. The number of amides is 1. The number of carbonyl (C=O) groups is 1. The monoisotopic (exact) mass is 274 g/mol. The molecule has 0 saturated carbocycles. The Hall–Kier alpha value is -2.44. The van der Waals surface area contributed by atoms with Crippen LogP contribution >= 0.6 is 0 Å². The van der Waals surface area contributed by atoms with Crippen LogP contribution in [0.25, 0.3) is 0 Å². The van der Waals surface area contributed by atoms with Crippen LogP contribution in [0, 0.1) is 6.92 Å². The molecule has 3 heterocycles. The third-order valence-corrected chi connectivity index (χ3v) is 3.24. The Kier molecular flexibility index (Phi) is 3.32. The van der Waals surface area contributed by atoms with Gasteiger partial charge in [0.2, 0.25) is 5.88 Å². The highest BCUT2D eigenvalue weighted by atomic mass is 16.5. The highest BCUT2D eigenvalue weighted by Gasteiger charge is 2.30. The lowest BCUT2D eigenvalue weighted by molar-refractivity contribution is 0.0769. The second-order valence-electron chi connectivity index (χ2n) is 4.62. The quantitative estimate of drug-likeness (QED) is 0.832. The molecule has 1 amide bonds. The molecule has 104 valence electrons. The molecule has 3 rings (SSSR count). The minimum absolute atomic E-state index is 0.0594. The molecule has 0 N–H and O–H groups in total. The van der Waals surface area contributed by atoms with E-state index in [0.29, 0.717) is 30.3 Å². The van der Waals surface area contributed by atoms with Gasteiger partial charge in [0.1, 0.15) is 17.4 Å². The maximum atomic E-state index is 12.3. The number of ether oxygens (including phenoxy) is 1. The van der Waals surface area contributed by atoms with Crippen molar-refractivity contribution in [2.24, 2.45) is 0 Å². The van der Waals surface area contributed by atoms with E-state index in [0.717, 1.165) is 6.42 Å². The molecule has 0 radical (unpaired) electrons. The minimum atomic E-state index is -0.0750. The summed E-state index contributed by atoms with van der Waals surface area (Å²) < 4.78 is 10.6. The zero-order valence-electron chi connectivity index (χ0n) is 11.0. The first-order valence-corrected chi connectivity index (χ1v) is 6.37. The van der Waals surface area contributed by atoms with Crippen LogP contribution in [0.1, 0.15) is 22.5 Å². The third kappa shape index (κ3) is 2.47. The van der Waals surface area contributed by atoms with Gasteiger partial charge in [-0.25, -0.2) is 4.98 Å². The van der Waals surface area contributed by atoms with E-state index < -0.39 is 0 Å². The number of aromatic nitrogens is 3. The topological polar surface area (TPSA) is 81.4 Å². The van der Waals surface area contributed by atoms with Crippen molar-refractivity contribution >= 4 is 5.91 Å². The number of aryl methyl sites for hydroxylation is 1. The molecule has 1 fully saturated rings. The molecule has 0 spiro atoms. The van der Waals surface area contributed by atoms with Crippen molar-refractivity contribution in [3.05, 3.63) is 36.1 Å². The fourth-order valence-electron chi connectivity index (χ4n) is 2.20. The van der Waals surface area contributed by atoms with E-state index in [1.54, 1.807) is 30.4 Å². The second-order valence-corrected chi connectivity index (χ2v) is 4.62. The van der Waals surface area contributed by atoms with Gasteiger partial charge in [-0.05, 0) is 6.92 Å². The molecule has 2 aromatic rings. The number of nitrogens with zero attached hydrogens (tertiary/aromatic N) is 4. The first-order valence-electron chi connectivity index (χ1n) is 6.37. The molecule has 2 aromatic heterocycles. The van der Waals surface area contributed by atoms with Crippen LogP contribution < -0.4 is 4.74 Å². The van der Waals surface area contributed by atoms with E-state index in [1.807, 2.05) is 0 Å². The normalized spacial score (nSPS) is 18.2. The first kappa shape index (κ1) is 12.6. The summed E-state index contributed by atoms with van der Waals surface area (Å²) in [6.07, 6.45) is 6.89. The van der Waals surface area contributed by atoms with Gasteiger partial charge in [-0.3, -0.25) is 9.78 Å². The van der Waals surface area contributed by atoms with Gasteiger partial charge in [0.25, 0.3) is 5.91 Å². The number of rotatable bonds is 3. The predicted octanol–water partition coefficient (Wildman–Crippen LogP) is 1.07. The van der Waals surface area contributed by atoms with E-state index in [2.05, 4.69) is 15.1 Å². The summed E-state index contributed by atoms with van der Waals surface area (Å²) in [6.45, 7) is 2.90. The smallest absolute Gasteiger partial charge is 0.259 e. The third-order valence-electron chi connectivity index (χ3n) is 3.24. The molecule has 1 atom stereocenters. The molecule has 7 nitrogen and oxygen atoms in total. The zero-order valence-corrected chi connectivity index (χ0v) is 11.0. The Morgan fingerprint density at radius 3 is 3.05 bits per heavy atom. The average molecular weight is 274 g/mol. The highest BCUT2D eigenvalue weighted by Crippen LogP contribution is 2.19. The van der Waals surface area contributed by atoms with Crippen molar-refractivity contribution in [3.8, 4) is 5.88 Å². The summed E-state index contributed by atoms with van der Waals surface area (Å²) in [6, 6.07) is 0. The Bertz CT molecular complexity index is 599. The average Bonchev–Trinajstić information content (AvgIpc) is 3.08. The Labute approximate surface area is 115 Å². The lowest BCUT2D eigenvalue weighted by Crippen LogP contribution is -2.31. The van der Waals surface area contributed by atoms with Gasteiger partial charge in [-0.2, -0.15) is 0 Å². The maximum Gasteiger partial charge on any atom is 0.259 e. The molecular formula is C13H14N4O3. The van der Waals surface area contributed by atoms with Crippen LogP contribution in [0.2, 0.25) is 0 Å². The molecule has 0 aliphatic carbocycles. The van der Waals surface area contributed by atoms with Crippen LogP contribution in [0.15, 0.2) is 29.3 Å². The van der Waals surface area contributed by atoms with E-state index in [1.165, 1.54) is 6.20 Å². The summed E-state index contributed by atoms with van der Waals surface area (Å²) in [5, 5.41) is 3.63. The number of hydrogen-bond donors (Lipinski definition) is 0. The molecule has 1 aliphatic rings. The van der Waals surface area contributed by atoms with Crippen molar-refractivity contribution in [2.75, 3.05) is 13.1 Å². The summed E-state index contributed by atoms with van der Waals surface area (Å²) >= 11 is 0. The molecule has 1 aliphatic heterocycles. The lowest BCUT2D eigenvalue weighted by atomic mass is 10.2. The van der Waals surface area contributed by atoms with Crippen LogP contribution in [0.5, 0.6) is 5.88 Å². The van der Waals surface area contributed by atoms with Crippen LogP contribution in [0.4, 0.5) is 0 Å². The van der Waals surface area contributed by atoms with Crippen molar-refractivity contribution in [1.29, 1.82) is 0 Å². The summed E-state index contributed by atoms with van der Waals surface area (Å²) in [7, 11) is 0. The first-order chi connectivity index (χ1) is 9.74. The minimum Gasteiger partial charge on any atom is -0.471 e. The van der Waals surface area contributed by atoms with Crippen LogP contribution in [-0.2, 0) is 0 Å². The van der Waals surface area contributed by atoms with Gasteiger partial charge in [0, 0.05) is 25.4 Å². The standard InChI is InChI=1S/C13H14N4O3/c1-9-11(6-16-20-9)13(18)17-5-2-10(8-17)19-12-7-14-3-4-15-12/h3-4,6-7,10H,2,5,8H2,1H3. The Morgan fingerprint density at radius 1 is 1.45 bits per heavy atom. The molecule has 1 saturated heterocycles. The van der Waals surface area contributed by atoms with Crippen molar-refractivity contribution in [1.82, 2.24) is 20.0 Å². The van der Waals surface area contributed by atoms with Gasteiger partial charge in [0.15, 0.2) is 0 Å². The van der Waals surface area contributed by atoms with E-state index in [-0.39, 0.29) is 12.0 Å². The van der Waals surface area contributed by atoms with Crippen molar-refractivity contribution < 1.29 is 14.1 Å². The zero-order chi connectivity index (χ0) is 13.9. The van der Waals surface area contributed by atoms with Crippen LogP contribution in [0.3, 0.4) is 0 Å². The largest absolute Gasteiger partial charge is 0.471 e. The van der Waals surface area contributed by atoms with Gasteiger partial charge >= 0.3 is 0 Å². The number of hydrogen-bond acceptors (Lipinski definition) is 6. The molecule has 0 bridgehead atoms. The SMILES string of the molecule is Cc1oncc1C(=O)N1CCC(Oc2cnccn2)C1. The Balaban J connectivity index is 1.62. The van der Waals surface area contributed by atoms with E-state index in [9.17, 15) is 4.79 Å². The lowest BCUT2D eigenvalue weighted by Gasteiger charge is -2.16. The molecule has 7 heteroatoms. The van der Waals surface area contributed by atoms with E-state index >= 15 is 0 Å². The maximum absolute atomic E-state index is 12.3.